The third-order valence-corrected chi connectivity index (χ3v) is 6.31. The number of benzene rings is 2. The van der Waals surface area contributed by atoms with Crippen LogP contribution < -0.4 is 5.73 Å². The van der Waals surface area contributed by atoms with Gasteiger partial charge in [-0.2, -0.15) is 4.31 Å². The van der Waals surface area contributed by atoms with Crippen LogP contribution in [-0.2, 0) is 23.1 Å². The lowest BCUT2D eigenvalue weighted by Crippen LogP contribution is -2.47. The van der Waals surface area contributed by atoms with Crippen molar-refractivity contribution in [1.29, 1.82) is 0 Å². The first-order valence-electron chi connectivity index (χ1n) is 9.41. The monoisotopic (exact) mass is 406 g/mol. The number of hydrogen-bond donors (Lipinski definition) is 3. The van der Waals surface area contributed by atoms with Crippen molar-refractivity contribution in [2.24, 2.45) is 11.7 Å². The summed E-state index contributed by atoms with van der Waals surface area (Å²) in [6, 6.07) is 15.2. The van der Waals surface area contributed by atoms with Crippen molar-refractivity contribution in [2.45, 2.75) is 43.9 Å². The van der Waals surface area contributed by atoms with Crippen LogP contribution in [0, 0.1) is 5.92 Å². The molecular formula is C21H30N2O4S. The van der Waals surface area contributed by atoms with E-state index in [2.05, 4.69) is 0 Å². The van der Waals surface area contributed by atoms with Crippen LogP contribution in [0.1, 0.15) is 25.0 Å². The summed E-state index contributed by atoms with van der Waals surface area (Å²) in [5, 5.41) is 19.9. The van der Waals surface area contributed by atoms with E-state index in [0.717, 1.165) is 5.56 Å². The number of rotatable bonds is 10. The Labute approximate surface area is 167 Å². The van der Waals surface area contributed by atoms with Crippen LogP contribution in [0.4, 0.5) is 0 Å². The molecule has 0 fully saturated rings. The molecule has 154 valence electrons. The molecule has 2 aromatic rings. The number of aliphatic hydroxyl groups is 2. The van der Waals surface area contributed by atoms with Crippen molar-refractivity contribution in [2.75, 3.05) is 13.1 Å². The maximum atomic E-state index is 13.1. The van der Waals surface area contributed by atoms with Gasteiger partial charge >= 0.3 is 0 Å². The van der Waals surface area contributed by atoms with Crippen molar-refractivity contribution in [3.8, 4) is 0 Å². The Hall–Kier alpha value is -1.77. The minimum Gasteiger partial charge on any atom is -0.392 e. The number of nitrogens with two attached hydrogens (primary N) is 1. The topological polar surface area (TPSA) is 104 Å². The van der Waals surface area contributed by atoms with Crippen molar-refractivity contribution >= 4 is 10.0 Å². The zero-order valence-electron chi connectivity index (χ0n) is 16.4. The molecular weight excluding hydrogens is 376 g/mol. The highest BCUT2D eigenvalue weighted by Gasteiger charge is 2.29. The van der Waals surface area contributed by atoms with Gasteiger partial charge in [0.2, 0.25) is 10.0 Å². The summed E-state index contributed by atoms with van der Waals surface area (Å²) < 4.78 is 27.6. The summed E-state index contributed by atoms with van der Waals surface area (Å²) in [6.45, 7) is 3.78. The predicted octanol–water partition coefficient (Wildman–Crippen LogP) is 1.76. The van der Waals surface area contributed by atoms with Gasteiger partial charge in [0.1, 0.15) is 0 Å². The molecule has 0 unspecified atom stereocenters. The van der Waals surface area contributed by atoms with Crippen molar-refractivity contribution in [1.82, 2.24) is 4.31 Å². The van der Waals surface area contributed by atoms with Gasteiger partial charge in [-0.25, -0.2) is 8.42 Å². The third kappa shape index (κ3) is 6.12. The molecule has 2 aromatic carbocycles. The second kappa shape index (κ2) is 10.1. The van der Waals surface area contributed by atoms with E-state index in [1.807, 2.05) is 44.2 Å². The summed E-state index contributed by atoms with van der Waals surface area (Å²) in [5.41, 5.74) is 7.66. The van der Waals surface area contributed by atoms with Crippen LogP contribution in [0.2, 0.25) is 0 Å². The second-order valence-corrected chi connectivity index (χ2v) is 9.38. The fourth-order valence-corrected chi connectivity index (χ4v) is 4.69. The molecule has 7 heteroatoms. The van der Waals surface area contributed by atoms with Crippen LogP contribution in [-0.4, -0.2) is 48.2 Å². The molecule has 6 nitrogen and oxygen atoms in total. The Bertz CT molecular complexity index is 840. The molecule has 0 aromatic heterocycles. The van der Waals surface area contributed by atoms with Crippen LogP contribution in [0.25, 0.3) is 0 Å². The first-order valence-corrected chi connectivity index (χ1v) is 10.9. The molecule has 0 aliphatic carbocycles. The third-order valence-electron chi connectivity index (χ3n) is 4.49. The number of aliphatic hydroxyl groups excluding tert-OH is 2. The Morgan fingerprint density at radius 1 is 1.00 bits per heavy atom. The highest BCUT2D eigenvalue weighted by Crippen LogP contribution is 2.20. The highest BCUT2D eigenvalue weighted by atomic mass is 32.2. The lowest BCUT2D eigenvalue weighted by Gasteiger charge is -2.29. The van der Waals surface area contributed by atoms with Crippen LogP contribution in [0.15, 0.2) is 59.5 Å². The van der Waals surface area contributed by atoms with Crippen LogP contribution >= 0.6 is 0 Å². The standard InChI is InChI=1S/C21H30N2O4S/c1-16(2)13-23(28(26,27)19-10-6-9-18(11-19)15-24)14-21(25)20(22)12-17-7-4-3-5-8-17/h3-11,16,20-21,24-25H,12-15,22H2,1-2H3/t20-,21+/m0/s1. The summed E-state index contributed by atoms with van der Waals surface area (Å²) in [7, 11) is -3.82. The molecule has 0 saturated heterocycles. The SMILES string of the molecule is CC(C)CN(C[C@@H](O)[C@@H](N)Cc1ccccc1)S(=O)(=O)c1cccc(CO)c1. The van der Waals surface area contributed by atoms with E-state index in [-0.39, 0.29) is 30.5 Å². The minimum atomic E-state index is -3.82. The van der Waals surface area contributed by atoms with Crippen molar-refractivity contribution < 1.29 is 18.6 Å². The molecule has 0 saturated carbocycles. The molecule has 0 heterocycles. The Kier molecular flexibility index (Phi) is 8.15. The zero-order valence-corrected chi connectivity index (χ0v) is 17.2. The molecule has 4 N–H and O–H groups in total. The average Bonchev–Trinajstić information content (AvgIpc) is 2.67. The molecule has 0 amide bonds. The Balaban J connectivity index is 2.19. The van der Waals surface area contributed by atoms with Gasteiger partial charge in [0.25, 0.3) is 0 Å². The Morgan fingerprint density at radius 2 is 1.64 bits per heavy atom. The smallest absolute Gasteiger partial charge is 0.243 e. The Morgan fingerprint density at radius 3 is 2.25 bits per heavy atom. The molecule has 2 rings (SSSR count). The summed E-state index contributed by atoms with van der Waals surface area (Å²) in [5.74, 6) is 0.0772. The van der Waals surface area contributed by atoms with Gasteiger partial charge in [-0.1, -0.05) is 56.3 Å². The maximum absolute atomic E-state index is 13.1. The first-order chi connectivity index (χ1) is 13.2. The van der Waals surface area contributed by atoms with Crippen molar-refractivity contribution in [3.63, 3.8) is 0 Å². The zero-order chi connectivity index (χ0) is 20.7. The molecule has 0 aliphatic rings. The molecule has 0 spiro atoms. The van der Waals surface area contributed by atoms with Gasteiger partial charge in [0, 0.05) is 19.1 Å². The second-order valence-electron chi connectivity index (χ2n) is 7.44. The largest absolute Gasteiger partial charge is 0.392 e. The molecule has 28 heavy (non-hydrogen) atoms. The van der Waals surface area contributed by atoms with Gasteiger partial charge in [-0.15, -0.1) is 0 Å². The van der Waals surface area contributed by atoms with Gasteiger partial charge in [-0.05, 0) is 35.6 Å². The van der Waals surface area contributed by atoms with E-state index in [1.54, 1.807) is 12.1 Å². The highest BCUT2D eigenvalue weighted by molar-refractivity contribution is 7.89. The molecule has 0 bridgehead atoms. The van der Waals surface area contributed by atoms with E-state index >= 15 is 0 Å². The van der Waals surface area contributed by atoms with Crippen LogP contribution in [0.3, 0.4) is 0 Å². The molecule has 0 aliphatic heterocycles. The van der Waals surface area contributed by atoms with Gasteiger partial charge in [0.05, 0.1) is 17.6 Å². The minimum absolute atomic E-state index is 0.0772. The number of hydrogen-bond acceptors (Lipinski definition) is 5. The number of nitrogens with zero attached hydrogens (tertiary/aromatic N) is 1. The lowest BCUT2D eigenvalue weighted by molar-refractivity contribution is 0.116. The summed E-state index contributed by atoms with van der Waals surface area (Å²) >= 11 is 0. The fraction of sp³-hybridized carbons (Fsp3) is 0.429. The first kappa shape index (κ1) is 22.5. The van der Waals surface area contributed by atoms with Gasteiger partial charge < -0.3 is 15.9 Å². The van der Waals surface area contributed by atoms with E-state index in [0.29, 0.717) is 12.0 Å². The quantitative estimate of drug-likeness (QED) is 0.558. The predicted molar refractivity (Wildman–Crippen MR) is 110 cm³/mol. The van der Waals surface area contributed by atoms with Crippen molar-refractivity contribution in [3.05, 3.63) is 65.7 Å². The molecule has 0 radical (unpaired) electrons. The van der Waals surface area contributed by atoms with E-state index in [4.69, 9.17) is 5.73 Å². The molecule has 2 atom stereocenters. The maximum Gasteiger partial charge on any atom is 0.243 e. The summed E-state index contributed by atoms with van der Waals surface area (Å²) in [4.78, 5) is 0.100. The van der Waals surface area contributed by atoms with Crippen LogP contribution in [0.5, 0.6) is 0 Å². The van der Waals surface area contributed by atoms with E-state index in [1.165, 1.54) is 16.4 Å². The van der Waals surface area contributed by atoms with Gasteiger partial charge in [0.15, 0.2) is 0 Å². The number of sulfonamides is 1. The normalized spacial score (nSPS) is 14.4. The van der Waals surface area contributed by atoms with E-state index in [9.17, 15) is 18.6 Å². The summed E-state index contributed by atoms with van der Waals surface area (Å²) in [6.07, 6.45) is -0.549. The van der Waals surface area contributed by atoms with E-state index < -0.39 is 22.2 Å². The average molecular weight is 407 g/mol. The lowest BCUT2D eigenvalue weighted by atomic mass is 10.0. The fourth-order valence-electron chi connectivity index (χ4n) is 3.00. The van der Waals surface area contributed by atoms with Gasteiger partial charge in [-0.3, -0.25) is 0 Å².